The number of aromatic nitrogens is 1. The zero-order valence-electron chi connectivity index (χ0n) is 20.6. The van der Waals surface area contributed by atoms with Crippen molar-refractivity contribution >= 4 is 28.1 Å². The molecule has 1 atom stereocenters. The van der Waals surface area contributed by atoms with Gasteiger partial charge in [-0.2, -0.15) is 13.2 Å². The lowest BCUT2D eigenvalue weighted by Gasteiger charge is -2.33. The molecule has 0 fully saturated rings. The second-order valence-corrected chi connectivity index (χ2v) is 9.76. The predicted octanol–water partition coefficient (Wildman–Crippen LogP) is 6.78. The van der Waals surface area contributed by atoms with Crippen LogP contribution in [0.2, 0.25) is 0 Å². The van der Waals surface area contributed by atoms with Crippen LogP contribution in [-0.2, 0) is 20.7 Å². The zero-order valence-corrected chi connectivity index (χ0v) is 20.6. The van der Waals surface area contributed by atoms with Crippen LogP contribution in [0.15, 0.2) is 54.7 Å². The van der Waals surface area contributed by atoms with Gasteiger partial charge in [0.25, 0.3) is 0 Å². The standard InChI is InChI=1S/C29H26F3NO4/c1-16-15-18-7-4-5-8-19(18)24(22(16)26(27(34)35)37-28(2,3)29(30,31)32)20-9-6-10-21-23-17(12-14-36-21)11-13-33-25(20)23/h4-5,7-11,13,15,26H,6,12,14H2,1-3H3,(H,34,35). The number of aryl methyl sites for hydroxylation is 1. The molecule has 3 aromatic rings. The van der Waals surface area contributed by atoms with Crippen molar-refractivity contribution in [3.05, 3.63) is 88.3 Å². The molecule has 0 amide bonds. The van der Waals surface area contributed by atoms with Crippen molar-refractivity contribution in [1.82, 2.24) is 4.98 Å². The number of rotatable bonds is 5. The van der Waals surface area contributed by atoms with Crippen LogP contribution in [0.25, 0.3) is 22.1 Å². The molecule has 192 valence electrons. The van der Waals surface area contributed by atoms with Gasteiger partial charge in [0.2, 0.25) is 0 Å². The Morgan fingerprint density at radius 2 is 1.89 bits per heavy atom. The van der Waals surface area contributed by atoms with E-state index in [1.165, 1.54) is 0 Å². The number of hydrogen-bond donors (Lipinski definition) is 1. The van der Waals surface area contributed by atoms with E-state index in [0.717, 1.165) is 30.4 Å². The number of allylic oxidation sites excluding steroid dienone is 2. The summed E-state index contributed by atoms with van der Waals surface area (Å²) in [4.78, 5) is 17.2. The number of nitrogens with zero attached hydrogens (tertiary/aromatic N) is 1. The predicted molar refractivity (Wildman–Crippen MR) is 134 cm³/mol. The van der Waals surface area contributed by atoms with Crippen molar-refractivity contribution in [2.75, 3.05) is 6.61 Å². The summed E-state index contributed by atoms with van der Waals surface area (Å²) >= 11 is 0. The van der Waals surface area contributed by atoms with E-state index in [1.54, 1.807) is 19.2 Å². The molecule has 1 aromatic heterocycles. The molecule has 0 spiro atoms. The molecule has 5 rings (SSSR count). The summed E-state index contributed by atoms with van der Waals surface area (Å²) in [5.41, 5.74) is 1.63. The molecule has 2 aliphatic rings. The summed E-state index contributed by atoms with van der Waals surface area (Å²) in [5.74, 6) is -0.797. The third-order valence-electron chi connectivity index (χ3n) is 6.94. The Bertz CT molecular complexity index is 1470. The summed E-state index contributed by atoms with van der Waals surface area (Å²) in [5, 5.41) is 11.7. The second-order valence-electron chi connectivity index (χ2n) is 9.76. The number of pyridine rings is 1. The molecule has 8 heteroatoms. The summed E-state index contributed by atoms with van der Waals surface area (Å²) in [6, 6.07) is 11.1. The van der Waals surface area contributed by atoms with Crippen molar-refractivity contribution < 1.29 is 32.5 Å². The molecule has 1 aliphatic carbocycles. The van der Waals surface area contributed by atoms with Crippen molar-refractivity contribution in [2.45, 2.75) is 51.5 Å². The van der Waals surface area contributed by atoms with Crippen molar-refractivity contribution in [2.24, 2.45) is 0 Å². The van der Waals surface area contributed by atoms with Crippen LogP contribution in [0.5, 0.6) is 0 Å². The Morgan fingerprint density at radius 3 is 2.62 bits per heavy atom. The minimum absolute atomic E-state index is 0.175. The Labute approximate surface area is 212 Å². The van der Waals surface area contributed by atoms with Crippen LogP contribution in [0.3, 0.4) is 0 Å². The quantitative estimate of drug-likeness (QED) is 0.411. The molecule has 2 aromatic carbocycles. The van der Waals surface area contributed by atoms with Gasteiger partial charge in [0, 0.05) is 29.3 Å². The normalized spacial score (nSPS) is 16.3. The van der Waals surface area contributed by atoms with E-state index in [9.17, 15) is 23.1 Å². The van der Waals surface area contributed by atoms with Gasteiger partial charge in [0.05, 0.1) is 12.3 Å². The lowest BCUT2D eigenvalue weighted by Crippen LogP contribution is -2.44. The van der Waals surface area contributed by atoms with Crippen LogP contribution >= 0.6 is 0 Å². The van der Waals surface area contributed by atoms with E-state index < -0.39 is 23.9 Å². The third-order valence-corrected chi connectivity index (χ3v) is 6.94. The Morgan fingerprint density at radius 1 is 1.14 bits per heavy atom. The lowest BCUT2D eigenvalue weighted by atomic mass is 9.84. The maximum atomic E-state index is 13.8. The highest BCUT2D eigenvalue weighted by Crippen LogP contribution is 2.45. The number of carboxylic acid groups (broad SMARTS) is 1. The van der Waals surface area contributed by atoms with E-state index in [4.69, 9.17) is 9.47 Å². The van der Waals surface area contributed by atoms with Gasteiger partial charge in [-0.1, -0.05) is 36.4 Å². The second kappa shape index (κ2) is 9.03. The minimum atomic E-state index is -4.77. The van der Waals surface area contributed by atoms with E-state index in [2.05, 4.69) is 4.98 Å². The molecule has 0 bridgehead atoms. The maximum Gasteiger partial charge on any atom is 0.416 e. The third kappa shape index (κ3) is 4.29. The van der Waals surface area contributed by atoms with Gasteiger partial charge in [-0.05, 0) is 66.8 Å². The first-order valence-electron chi connectivity index (χ1n) is 12.0. The van der Waals surface area contributed by atoms with Crippen molar-refractivity contribution in [3.8, 4) is 0 Å². The van der Waals surface area contributed by atoms with Gasteiger partial charge in [0.15, 0.2) is 11.7 Å². The fraction of sp³-hybridized carbons (Fsp3) is 0.310. The molecule has 2 heterocycles. The maximum absolute atomic E-state index is 13.8. The van der Waals surface area contributed by atoms with Gasteiger partial charge < -0.3 is 14.6 Å². The van der Waals surface area contributed by atoms with E-state index >= 15 is 0 Å². The van der Waals surface area contributed by atoms with Crippen molar-refractivity contribution in [3.63, 3.8) is 0 Å². The Hall–Kier alpha value is -3.65. The molecule has 0 saturated carbocycles. The molecule has 0 saturated heterocycles. The highest BCUT2D eigenvalue weighted by atomic mass is 19.4. The Kier molecular flexibility index (Phi) is 6.10. The number of halogens is 3. The number of carbonyl (C=O) groups is 1. The largest absolute Gasteiger partial charge is 0.493 e. The van der Waals surface area contributed by atoms with Crippen LogP contribution < -0.4 is 0 Å². The van der Waals surface area contributed by atoms with Crippen LogP contribution in [0.4, 0.5) is 13.2 Å². The van der Waals surface area contributed by atoms with Crippen molar-refractivity contribution in [1.29, 1.82) is 0 Å². The summed E-state index contributed by atoms with van der Waals surface area (Å²) < 4.78 is 52.7. The molecular formula is C29H26F3NO4. The lowest BCUT2D eigenvalue weighted by molar-refractivity contribution is -0.277. The van der Waals surface area contributed by atoms with Gasteiger partial charge >= 0.3 is 12.1 Å². The average Bonchev–Trinajstić information content (AvgIpc) is 3.02. The first kappa shape index (κ1) is 25.0. The smallest absolute Gasteiger partial charge is 0.416 e. The van der Waals surface area contributed by atoms with E-state index in [-0.39, 0.29) is 5.56 Å². The summed E-state index contributed by atoms with van der Waals surface area (Å²) in [6.45, 7) is 3.92. The molecule has 37 heavy (non-hydrogen) atoms. The number of aliphatic carboxylic acids is 1. The number of alkyl halides is 3. The minimum Gasteiger partial charge on any atom is -0.493 e. The fourth-order valence-corrected chi connectivity index (χ4v) is 5.02. The van der Waals surface area contributed by atoms with Gasteiger partial charge in [-0.25, -0.2) is 4.79 Å². The SMILES string of the molecule is Cc1cc2ccccc2c(C2=CCC=C3OCCc4ccnc2c43)c1C(OC(C)(C)C(F)(F)F)C(=O)O. The number of hydrogen-bond acceptors (Lipinski definition) is 4. The monoisotopic (exact) mass is 509 g/mol. The molecule has 5 nitrogen and oxygen atoms in total. The van der Waals surface area contributed by atoms with E-state index in [0.29, 0.717) is 53.0 Å². The van der Waals surface area contributed by atoms with E-state index in [1.807, 2.05) is 42.5 Å². The van der Waals surface area contributed by atoms with Crippen LogP contribution in [0, 0.1) is 6.92 Å². The highest BCUT2D eigenvalue weighted by molar-refractivity contribution is 6.02. The highest BCUT2D eigenvalue weighted by Gasteiger charge is 2.51. The first-order chi connectivity index (χ1) is 17.5. The first-order valence-corrected chi connectivity index (χ1v) is 12.0. The van der Waals surface area contributed by atoms with Gasteiger partial charge in [-0.15, -0.1) is 0 Å². The summed E-state index contributed by atoms with van der Waals surface area (Å²) in [6.07, 6.45) is 0.104. The Balaban J connectivity index is 1.82. The fourth-order valence-electron chi connectivity index (χ4n) is 5.02. The molecule has 1 aliphatic heterocycles. The average molecular weight is 510 g/mol. The van der Waals surface area contributed by atoms with Crippen LogP contribution in [-0.4, -0.2) is 34.4 Å². The molecular weight excluding hydrogens is 483 g/mol. The number of benzene rings is 2. The molecule has 1 N–H and O–H groups in total. The number of ether oxygens (including phenoxy) is 2. The summed E-state index contributed by atoms with van der Waals surface area (Å²) in [7, 11) is 0. The molecule has 0 radical (unpaired) electrons. The number of carboxylic acids is 1. The van der Waals surface area contributed by atoms with Gasteiger partial charge in [0.1, 0.15) is 5.76 Å². The van der Waals surface area contributed by atoms with Gasteiger partial charge in [-0.3, -0.25) is 4.98 Å². The molecule has 1 unspecified atom stereocenters. The topological polar surface area (TPSA) is 68.7 Å². The zero-order chi connectivity index (χ0) is 26.5. The number of fused-ring (bicyclic) bond motifs is 1. The van der Waals surface area contributed by atoms with Crippen LogP contribution in [0.1, 0.15) is 59.9 Å².